The number of sulfone groups is 1. The van der Waals surface area contributed by atoms with E-state index in [0.717, 1.165) is 31.6 Å². The molecule has 1 aliphatic rings. The van der Waals surface area contributed by atoms with Gasteiger partial charge in [-0.3, -0.25) is 10.1 Å². The van der Waals surface area contributed by atoms with Gasteiger partial charge in [0.1, 0.15) is 5.69 Å². The van der Waals surface area contributed by atoms with Gasteiger partial charge in [-0.2, -0.15) is 0 Å². The number of allylic oxidation sites excluding steroid dienone is 1. The third kappa shape index (κ3) is 4.30. The van der Waals surface area contributed by atoms with Gasteiger partial charge >= 0.3 is 0 Å². The van der Waals surface area contributed by atoms with Crippen LogP contribution in [0.1, 0.15) is 32.1 Å². The van der Waals surface area contributed by atoms with Crippen molar-refractivity contribution in [2.75, 3.05) is 18.1 Å². The van der Waals surface area contributed by atoms with Crippen molar-refractivity contribution in [1.82, 2.24) is 0 Å². The minimum atomic E-state index is -3.45. The van der Waals surface area contributed by atoms with Crippen molar-refractivity contribution in [2.45, 2.75) is 37.0 Å². The van der Waals surface area contributed by atoms with E-state index in [-0.39, 0.29) is 10.6 Å². The Labute approximate surface area is 130 Å². The van der Waals surface area contributed by atoms with Crippen LogP contribution in [0.3, 0.4) is 0 Å². The first-order valence-corrected chi connectivity index (χ1v) is 9.17. The third-order valence-electron chi connectivity index (χ3n) is 3.74. The van der Waals surface area contributed by atoms with Crippen molar-refractivity contribution < 1.29 is 13.3 Å². The SMILES string of the molecule is CS(=O)(=O)c1ccc(NCCC2=CCCCC2)c([N+](=O)[O-])c1. The maximum absolute atomic E-state index is 11.5. The van der Waals surface area contributed by atoms with Crippen molar-refractivity contribution in [2.24, 2.45) is 0 Å². The summed E-state index contributed by atoms with van der Waals surface area (Å²) in [7, 11) is -3.45. The average Bonchev–Trinajstić information content (AvgIpc) is 2.47. The Morgan fingerprint density at radius 3 is 2.68 bits per heavy atom. The molecule has 0 atom stereocenters. The number of hydrogen-bond acceptors (Lipinski definition) is 5. The fourth-order valence-corrected chi connectivity index (χ4v) is 3.17. The minimum Gasteiger partial charge on any atom is -0.379 e. The predicted molar refractivity (Wildman–Crippen MR) is 85.9 cm³/mol. The molecule has 0 heterocycles. The molecule has 0 spiro atoms. The second-order valence-electron chi connectivity index (χ2n) is 5.49. The van der Waals surface area contributed by atoms with Crippen LogP contribution in [0.15, 0.2) is 34.7 Å². The molecule has 0 fully saturated rings. The van der Waals surface area contributed by atoms with Crippen molar-refractivity contribution in [3.05, 3.63) is 40.0 Å². The third-order valence-corrected chi connectivity index (χ3v) is 4.85. The molecule has 0 bridgehead atoms. The van der Waals surface area contributed by atoms with E-state index in [1.165, 1.54) is 30.5 Å². The molecule has 0 unspecified atom stereocenters. The topological polar surface area (TPSA) is 89.3 Å². The molecule has 0 amide bonds. The van der Waals surface area contributed by atoms with Gasteiger partial charge in [0.2, 0.25) is 0 Å². The zero-order chi connectivity index (χ0) is 16.2. The van der Waals surface area contributed by atoms with E-state index in [9.17, 15) is 18.5 Å². The second-order valence-corrected chi connectivity index (χ2v) is 7.51. The van der Waals surface area contributed by atoms with E-state index in [2.05, 4.69) is 11.4 Å². The summed E-state index contributed by atoms with van der Waals surface area (Å²) in [6, 6.07) is 3.96. The highest BCUT2D eigenvalue weighted by atomic mass is 32.2. The maximum Gasteiger partial charge on any atom is 0.293 e. The van der Waals surface area contributed by atoms with Gasteiger partial charge < -0.3 is 5.32 Å². The van der Waals surface area contributed by atoms with Crippen LogP contribution >= 0.6 is 0 Å². The van der Waals surface area contributed by atoms with E-state index in [4.69, 9.17) is 0 Å². The maximum atomic E-state index is 11.5. The van der Waals surface area contributed by atoms with Crippen LogP contribution in [0.5, 0.6) is 0 Å². The van der Waals surface area contributed by atoms with E-state index in [1.54, 1.807) is 0 Å². The Hall–Kier alpha value is -1.89. The summed E-state index contributed by atoms with van der Waals surface area (Å²) in [6.07, 6.45) is 8.77. The van der Waals surface area contributed by atoms with E-state index >= 15 is 0 Å². The van der Waals surface area contributed by atoms with Crippen LogP contribution in [0.25, 0.3) is 0 Å². The molecule has 2 rings (SSSR count). The highest BCUT2D eigenvalue weighted by molar-refractivity contribution is 7.90. The molecule has 0 aromatic heterocycles. The number of nitrogens with one attached hydrogen (secondary N) is 1. The number of anilines is 1. The zero-order valence-corrected chi connectivity index (χ0v) is 13.4. The molecule has 1 aromatic rings. The van der Waals surface area contributed by atoms with E-state index in [0.29, 0.717) is 12.2 Å². The first-order valence-electron chi connectivity index (χ1n) is 7.28. The average molecular weight is 324 g/mol. The van der Waals surface area contributed by atoms with Gasteiger partial charge in [-0.15, -0.1) is 0 Å². The summed E-state index contributed by atoms with van der Waals surface area (Å²) in [5, 5.41) is 14.2. The molecule has 1 aliphatic carbocycles. The van der Waals surface area contributed by atoms with Crippen molar-refractivity contribution >= 4 is 21.2 Å². The lowest BCUT2D eigenvalue weighted by atomic mass is 9.97. The van der Waals surface area contributed by atoms with Crippen LogP contribution in [0.4, 0.5) is 11.4 Å². The van der Waals surface area contributed by atoms with E-state index < -0.39 is 14.8 Å². The lowest BCUT2D eigenvalue weighted by Gasteiger charge is -2.13. The van der Waals surface area contributed by atoms with Crippen molar-refractivity contribution in [3.8, 4) is 0 Å². The molecule has 6 nitrogen and oxygen atoms in total. The number of nitro groups is 1. The monoisotopic (exact) mass is 324 g/mol. The predicted octanol–water partition coefficient (Wildman–Crippen LogP) is 3.30. The fourth-order valence-electron chi connectivity index (χ4n) is 2.53. The van der Waals surface area contributed by atoms with Gasteiger partial charge in [-0.25, -0.2) is 8.42 Å². The number of nitro benzene ring substituents is 1. The number of hydrogen-bond donors (Lipinski definition) is 1. The molecule has 0 saturated carbocycles. The second kappa shape index (κ2) is 6.91. The highest BCUT2D eigenvalue weighted by Gasteiger charge is 2.18. The van der Waals surface area contributed by atoms with Crippen LogP contribution in [-0.4, -0.2) is 26.1 Å². The van der Waals surface area contributed by atoms with Gasteiger partial charge in [-0.05, 0) is 44.2 Å². The molecule has 0 radical (unpaired) electrons. The first-order chi connectivity index (χ1) is 10.4. The Kier molecular flexibility index (Phi) is 5.18. The summed E-state index contributed by atoms with van der Waals surface area (Å²) < 4.78 is 23.0. The molecule has 1 aromatic carbocycles. The summed E-state index contributed by atoms with van der Waals surface area (Å²) >= 11 is 0. The van der Waals surface area contributed by atoms with Gasteiger partial charge in [0.25, 0.3) is 5.69 Å². The minimum absolute atomic E-state index is 0.0419. The summed E-state index contributed by atoms with van der Waals surface area (Å²) in [6.45, 7) is 0.602. The number of nitrogens with zero attached hydrogens (tertiary/aromatic N) is 1. The fraction of sp³-hybridized carbons (Fsp3) is 0.467. The molecule has 7 heteroatoms. The Morgan fingerprint density at radius 2 is 2.09 bits per heavy atom. The van der Waals surface area contributed by atoms with Gasteiger partial charge in [0.05, 0.1) is 9.82 Å². The van der Waals surface area contributed by atoms with Gasteiger partial charge in [-0.1, -0.05) is 11.6 Å². The number of benzene rings is 1. The quantitative estimate of drug-likeness (QED) is 0.492. The van der Waals surface area contributed by atoms with Gasteiger partial charge in [0, 0.05) is 18.9 Å². The smallest absolute Gasteiger partial charge is 0.293 e. The summed E-state index contributed by atoms with van der Waals surface area (Å²) in [5.74, 6) is 0. The van der Waals surface area contributed by atoms with E-state index in [1.807, 2.05) is 0 Å². The Balaban J connectivity index is 2.09. The molecule has 1 N–H and O–H groups in total. The normalized spacial score (nSPS) is 15.2. The molecular formula is C15H20N2O4S. The first kappa shape index (κ1) is 16.5. The summed E-state index contributed by atoms with van der Waals surface area (Å²) in [5.41, 5.74) is 1.53. The Morgan fingerprint density at radius 1 is 1.32 bits per heavy atom. The van der Waals surface area contributed by atoms with Gasteiger partial charge in [0.15, 0.2) is 9.84 Å². The van der Waals surface area contributed by atoms with Crippen LogP contribution in [0, 0.1) is 10.1 Å². The van der Waals surface area contributed by atoms with Crippen molar-refractivity contribution in [1.29, 1.82) is 0 Å². The van der Waals surface area contributed by atoms with Crippen molar-refractivity contribution in [3.63, 3.8) is 0 Å². The molecular weight excluding hydrogens is 304 g/mol. The molecule has 0 aliphatic heterocycles. The lowest BCUT2D eigenvalue weighted by molar-refractivity contribution is -0.384. The lowest BCUT2D eigenvalue weighted by Crippen LogP contribution is -2.07. The standard InChI is InChI=1S/C15H20N2O4S/c1-22(20,21)13-7-8-14(15(11-13)17(18)19)16-10-9-12-5-3-2-4-6-12/h5,7-8,11,16H,2-4,6,9-10H2,1H3. The molecule has 22 heavy (non-hydrogen) atoms. The van der Waals surface area contributed by atoms with Crippen LogP contribution < -0.4 is 5.32 Å². The summed E-state index contributed by atoms with van der Waals surface area (Å²) in [4.78, 5) is 10.5. The Bertz CT molecular complexity index is 695. The molecule has 120 valence electrons. The zero-order valence-electron chi connectivity index (χ0n) is 12.5. The largest absolute Gasteiger partial charge is 0.379 e. The molecule has 0 saturated heterocycles. The number of rotatable bonds is 6. The van der Waals surface area contributed by atoms with Crippen LogP contribution in [-0.2, 0) is 9.84 Å². The highest BCUT2D eigenvalue weighted by Crippen LogP contribution is 2.28. The van der Waals surface area contributed by atoms with Crippen LogP contribution in [0.2, 0.25) is 0 Å².